The van der Waals surface area contributed by atoms with Gasteiger partial charge in [0.1, 0.15) is 5.75 Å². The van der Waals surface area contributed by atoms with Crippen LogP contribution in [0.3, 0.4) is 0 Å². The van der Waals surface area contributed by atoms with E-state index in [2.05, 4.69) is 18.3 Å². The molecule has 0 radical (unpaired) electrons. The topological polar surface area (TPSA) is 38.3 Å². The van der Waals surface area contributed by atoms with Crippen molar-refractivity contribution in [2.75, 3.05) is 11.9 Å². The standard InChI is InChI=1S/C19H19NO2/c1-13-3-6-17(11-14(13)2)20-19(21)8-5-15-4-7-18-16(12-15)9-10-22-18/h3-8,11-12H,9-10H2,1-2H3,(H,20,21)/b8-5+. The zero-order valence-corrected chi connectivity index (χ0v) is 12.8. The van der Waals surface area contributed by atoms with Crippen molar-refractivity contribution in [3.05, 3.63) is 64.7 Å². The van der Waals surface area contributed by atoms with E-state index < -0.39 is 0 Å². The zero-order valence-electron chi connectivity index (χ0n) is 12.8. The predicted octanol–water partition coefficient (Wildman–Crippen LogP) is 3.89. The maximum absolute atomic E-state index is 12.0. The first kappa shape index (κ1) is 14.4. The fourth-order valence-electron chi connectivity index (χ4n) is 2.49. The Bertz CT molecular complexity index is 747. The molecule has 1 heterocycles. The SMILES string of the molecule is Cc1ccc(NC(=O)/C=C/c2ccc3c(c2)CCO3)cc1C. The minimum Gasteiger partial charge on any atom is -0.493 e. The van der Waals surface area contributed by atoms with Crippen LogP contribution in [0.5, 0.6) is 5.75 Å². The molecule has 3 rings (SSSR count). The molecule has 0 bridgehead atoms. The molecule has 22 heavy (non-hydrogen) atoms. The van der Waals surface area contributed by atoms with Crippen molar-refractivity contribution in [2.24, 2.45) is 0 Å². The van der Waals surface area contributed by atoms with Crippen LogP contribution in [-0.2, 0) is 11.2 Å². The maximum atomic E-state index is 12.0. The van der Waals surface area contributed by atoms with Gasteiger partial charge in [-0.2, -0.15) is 0 Å². The molecular weight excluding hydrogens is 274 g/mol. The van der Waals surface area contributed by atoms with Gasteiger partial charge < -0.3 is 10.1 Å². The predicted molar refractivity (Wildman–Crippen MR) is 89.2 cm³/mol. The van der Waals surface area contributed by atoms with Gasteiger partial charge in [-0.15, -0.1) is 0 Å². The molecule has 2 aromatic rings. The Morgan fingerprint density at radius 2 is 2.00 bits per heavy atom. The summed E-state index contributed by atoms with van der Waals surface area (Å²) in [7, 11) is 0. The number of nitrogens with one attached hydrogen (secondary N) is 1. The van der Waals surface area contributed by atoms with Gasteiger partial charge in [-0.1, -0.05) is 12.1 Å². The monoisotopic (exact) mass is 293 g/mol. The van der Waals surface area contributed by atoms with Gasteiger partial charge in [0.2, 0.25) is 5.91 Å². The molecule has 0 aromatic heterocycles. The van der Waals surface area contributed by atoms with E-state index in [0.29, 0.717) is 0 Å². The minimum atomic E-state index is -0.125. The van der Waals surface area contributed by atoms with Gasteiger partial charge in [-0.25, -0.2) is 0 Å². The molecular formula is C19H19NO2. The molecule has 0 saturated heterocycles. The van der Waals surface area contributed by atoms with Crippen LogP contribution in [-0.4, -0.2) is 12.5 Å². The number of hydrogen-bond donors (Lipinski definition) is 1. The third kappa shape index (κ3) is 3.19. The number of hydrogen-bond acceptors (Lipinski definition) is 2. The van der Waals surface area contributed by atoms with Crippen molar-refractivity contribution < 1.29 is 9.53 Å². The van der Waals surface area contributed by atoms with Crippen molar-refractivity contribution in [1.82, 2.24) is 0 Å². The van der Waals surface area contributed by atoms with Crippen LogP contribution in [0.1, 0.15) is 22.3 Å². The molecule has 1 amide bonds. The minimum absolute atomic E-state index is 0.125. The lowest BCUT2D eigenvalue weighted by Crippen LogP contribution is -2.07. The molecule has 2 aromatic carbocycles. The lowest BCUT2D eigenvalue weighted by molar-refractivity contribution is -0.111. The van der Waals surface area contributed by atoms with Gasteiger partial charge >= 0.3 is 0 Å². The van der Waals surface area contributed by atoms with Crippen LogP contribution < -0.4 is 10.1 Å². The van der Waals surface area contributed by atoms with Gasteiger partial charge in [-0.05, 0) is 66.4 Å². The average molecular weight is 293 g/mol. The lowest BCUT2D eigenvalue weighted by Gasteiger charge is -2.05. The summed E-state index contributed by atoms with van der Waals surface area (Å²) < 4.78 is 5.48. The summed E-state index contributed by atoms with van der Waals surface area (Å²) in [6.45, 7) is 4.83. The molecule has 0 spiro atoms. The fraction of sp³-hybridized carbons (Fsp3) is 0.211. The Morgan fingerprint density at radius 1 is 1.14 bits per heavy atom. The Labute approximate surface area is 130 Å². The summed E-state index contributed by atoms with van der Waals surface area (Å²) in [4.78, 5) is 12.0. The van der Waals surface area contributed by atoms with Crippen molar-refractivity contribution in [2.45, 2.75) is 20.3 Å². The summed E-state index contributed by atoms with van der Waals surface area (Å²) in [5.74, 6) is 0.830. The van der Waals surface area contributed by atoms with E-state index in [1.165, 1.54) is 16.7 Å². The van der Waals surface area contributed by atoms with Crippen molar-refractivity contribution in [1.29, 1.82) is 0 Å². The summed E-state index contributed by atoms with van der Waals surface area (Å²) in [5, 5.41) is 2.88. The highest BCUT2D eigenvalue weighted by Gasteiger charge is 2.11. The van der Waals surface area contributed by atoms with E-state index in [1.807, 2.05) is 43.3 Å². The summed E-state index contributed by atoms with van der Waals surface area (Å²) in [6.07, 6.45) is 4.33. The highest BCUT2D eigenvalue weighted by molar-refractivity contribution is 6.02. The Morgan fingerprint density at radius 3 is 2.82 bits per heavy atom. The van der Waals surface area contributed by atoms with E-state index in [9.17, 15) is 4.79 Å². The number of anilines is 1. The zero-order chi connectivity index (χ0) is 15.5. The second-order valence-corrected chi connectivity index (χ2v) is 5.59. The van der Waals surface area contributed by atoms with Crippen molar-refractivity contribution >= 4 is 17.7 Å². The highest BCUT2D eigenvalue weighted by atomic mass is 16.5. The van der Waals surface area contributed by atoms with Crippen LogP contribution in [0, 0.1) is 13.8 Å². The average Bonchev–Trinajstić information content (AvgIpc) is 2.96. The van der Waals surface area contributed by atoms with Gasteiger partial charge in [0, 0.05) is 18.2 Å². The third-order valence-electron chi connectivity index (χ3n) is 3.92. The van der Waals surface area contributed by atoms with Gasteiger partial charge in [-0.3, -0.25) is 4.79 Å². The first-order valence-electron chi connectivity index (χ1n) is 7.44. The van der Waals surface area contributed by atoms with Gasteiger partial charge in [0.05, 0.1) is 6.61 Å². The van der Waals surface area contributed by atoms with Gasteiger partial charge in [0.25, 0.3) is 0 Å². The van der Waals surface area contributed by atoms with Crippen LogP contribution in [0.15, 0.2) is 42.5 Å². The molecule has 0 aliphatic carbocycles. The molecule has 0 atom stereocenters. The second kappa shape index (κ2) is 6.06. The number of aryl methyl sites for hydroxylation is 2. The smallest absolute Gasteiger partial charge is 0.248 e. The molecule has 3 heteroatoms. The first-order chi connectivity index (χ1) is 10.6. The van der Waals surface area contributed by atoms with Gasteiger partial charge in [0.15, 0.2) is 0 Å². The number of carbonyl (C=O) groups excluding carboxylic acids is 1. The molecule has 0 unspecified atom stereocenters. The molecule has 3 nitrogen and oxygen atoms in total. The van der Waals surface area contributed by atoms with E-state index in [-0.39, 0.29) is 5.91 Å². The molecule has 1 N–H and O–H groups in total. The second-order valence-electron chi connectivity index (χ2n) is 5.59. The molecule has 0 saturated carbocycles. The summed E-state index contributed by atoms with van der Waals surface area (Å²) in [6, 6.07) is 11.9. The number of carbonyl (C=O) groups is 1. The third-order valence-corrected chi connectivity index (χ3v) is 3.92. The number of ether oxygens (including phenoxy) is 1. The molecule has 1 aliphatic heterocycles. The van der Waals surface area contributed by atoms with Crippen molar-refractivity contribution in [3.63, 3.8) is 0 Å². The molecule has 112 valence electrons. The summed E-state index contributed by atoms with van der Waals surface area (Å²) in [5.41, 5.74) is 5.42. The Hall–Kier alpha value is -2.55. The first-order valence-corrected chi connectivity index (χ1v) is 7.44. The quantitative estimate of drug-likeness (QED) is 0.872. The maximum Gasteiger partial charge on any atom is 0.248 e. The Kier molecular flexibility index (Phi) is 3.96. The van der Waals surface area contributed by atoms with Crippen molar-refractivity contribution in [3.8, 4) is 5.75 Å². The lowest BCUT2D eigenvalue weighted by atomic mass is 10.1. The highest BCUT2D eigenvalue weighted by Crippen LogP contribution is 2.26. The summed E-state index contributed by atoms with van der Waals surface area (Å²) >= 11 is 0. The fourth-order valence-corrected chi connectivity index (χ4v) is 2.49. The largest absolute Gasteiger partial charge is 0.493 e. The van der Waals surface area contributed by atoms with E-state index >= 15 is 0 Å². The molecule has 0 fully saturated rings. The number of amides is 1. The Balaban J connectivity index is 1.67. The van der Waals surface area contributed by atoms with Crippen LogP contribution in [0.4, 0.5) is 5.69 Å². The molecule has 1 aliphatic rings. The normalized spacial score (nSPS) is 13.0. The van der Waals surface area contributed by atoms with Crippen LogP contribution in [0.25, 0.3) is 6.08 Å². The number of rotatable bonds is 3. The van der Waals surface area contributed by atoms with E-state index in [0.717, 1.165) is 30.0 Å². The van der Waals surface area contributed by atoms with E-state index in [1.54, 1.807) is 6.08 Å². The van der Waals surface area contributed by atoms with Crippen LogP contribution >= 0.6 is 0 Å². The van der Waals surface area contributed by atoms with Crippen LogP contribution in [0.2, 0.25) is 0 Å². The van der Waals surface area contributed by atoms with E-state index in [4.69, 9.17) is 4.74 Å². The number of fused-ring (bicyclic) bond motifs is 1. The number of benzene rings is 2.